The van der Waals surface area contributed by atoms with Gasteiger partial charge in [0.15, 0.2) is 0 Å². The highest BCUT2D eigenvalue weighted by Gasteiger charge is 2.17. The number of hydrogen-bond acceptors (Lipinski definition) is 2. The molecule has 12 heavy (non-hydrogen) atoms. The molecule has 3 heteroatoms. The Hall–Kier alpha value is -0.570. The molecule has 0 bridgehead atoms. The molecular weight excluding hydrogens is 172 g/mol. The minimum atomic E-state index is -0.665. The van der Waals surface area contributed by atoms with Crippen molar-refractivity contribution in [3.63, 3.8) is 0 Å². The molecule has 1 rings (SSSR count). The van der Waals surface area contributed by atoms with Crippen LogP contribution in [0.3, 0.4) is 0 Å². The molecule has 0 aliphatic carbocycles. The lowest BCUT2D eigenvalue weighted by atomic mass is 9.99. The molecule has 68 valence electrons. The van der Waals surface area contributed by atoms with E-state index in [1.807, 2.05) is 37.3 Å². The van der Waals surface area contributed by atoms with Crippen molar-refractivity contribution >= 4 is 12.4 Å². The molecule has 4 N–H and O–H groups in total. The molecule has 0 saturated heterocycles. The van der Waals surface area contributed by atoms with Crippen molar-refractivity contribution in [1.82, 2.24) is 0 Å². The van der Waals surface area contributed by atoms with Crippen molar-refractivity contribution in [1.29, 1.82) is 0 Å². The second kappa shape index (κ2) is 4.45. The van der Waals surface area contributed by atoms with Crippen molar-refractivity contribution in [3.05, 3.63) is 35.9 Å². The third-order valence-corrected chi connectivity index (χ3v) is 1.90. The average Bonchev–Trinajstić information content (AvgIpc) is 2.06. The van der Waals surface area contributed by atoms with Crippen LogP contribution in [0.15, 0.2) is 30.3 Å². The van der Waals surface area contributed by atoms with Crippen molar-refractivity contribution in [2.45, 2.75) is 19.0 Å². The zero-order valence-electron chi connectivity index (χ0n) is 7.16. The van der Waals surface area contributed by atoms with Crippen LogP contribution in [-0.4, -0.2) is 0 Å². The Labute approximate surface area is 79.4 Å². The van der Waals surface area contributed by atoms with Crippen LogP contribution in [0.2, 0.25) is 0 Å². The molecule has 0 heterocycles. The summed E-state index contributed by atoms with van der Waals surface area (Å²) in [6.07, 6.45) is 0.747. The topological polar surface area (TPSA) is 52.0 Å². The van der Waals surface area contributed by atoms with Crippen molar-refractivity contribution in [2.75, 3.05) is 0 Å². The Balaban J connectivity index is 0.00000121. The fourth-order valence-electron chi connectivity index (χ4n) is 0.953. The zero-order chi connectivity index (χ0) is 8.32. The fourth-order valence-corrected chi connectivity index (χ4v) is 0.953. The average molecular weight is 187 g/mol. The first kappa shape index (κ1) is 11.4. The second-order valence-corrected chi connectivity index (χ2v) is 2.76. The van der Waals surface area contributed by atoms with Crippen LogP contribution < -0.4 is 11.5 Å². The monoisotopic (exact) mass is 186 g/mol. The molecule has 0 saturated carbocycles. The molecule has 0 unspecified atom stereocenters. The first-order chi connectivity index (χ1) is 5.17. The summed E-state index contributed by atoms with van der Waals surface area (Å²) in [5.74, 6) is 0. The first-order valence-corrected chi connectivity index (χ1v) is 3.80. The van der Waals surface area contributed by atoms with Gasteiger partial charge in [0.2, 0.25) is 0 Å². The predicted octanol–water partition coefficient (Wildman–Crippen LogP) is 1.59. The number of benzene rings is 1. The van der Waals surface area contributed by atoms with Gasteiger partial charge in [0.1, 0.15) is 0 Å². The van der Waals surface area contributed by atoms with Gasteiger partial charge in [-0.3, -0.25) is 0 Å². The quantitative estimate of drug-likeness (QED) is 0.690. The van der Waals surface area contributed by atoms with E-state index in [4.69, 9.17) is 11.5 Å². The summed E-state index contributed by atoms with van der Waals surface area (Å²) >= 11 is 0. The lowest BCUT2D eigenvalue weighted by Crippen LogP contribution is -2.45. The van der Waals surface area contributed by atoms with Crippen LogP contribution in [0.1, 0.15) is 18.9 Å². The van der Waals surface area contributed by atoms with Gasteiger partial charge in [0.25, 0.3) is 0 Å². The smallest absolute Gasteiger partial charge is 0.0896 e. The maximum absolute atomic E-state index is 5.82. The molecule has 0 radical (unpaired) electrons. The Bertz CT molecular complexity index is 221. The van der Waals surface area contributed by atoms with Crippen molar-refractivity contribution < 1.29 is 0 Å². The molecule has 1 aromatic carbocycles. The summed E-state index contributed by atoms with van der Waals surface area (Å²) in [6.45, 7) is 1.98. The largest absolute Gasteiger partial charge is 0.310 e. The van der Waals surface area contributed by atoms with E-state index in [0.29, 0.717) is 0 Å². The van der Waals surface area contributed by atoms with Crippen molar-refractivity contribution in [3.8, 4) is 0 Å². The van der Waals surface area contributed by atoms with E-state index in [1.54, 1.807) is 0 Å². The summed E-state index contributed by atoms with van der Waals surface area (Å²) in [4.78, 5) is 0. The van der Waals surface area contributed by atoms with Crippen LogP contribution in [0.4, 0.5) is 0 Å². The van der Waals surface area contributed by atoms with Gasteiger partial charge in [-0.1, -0.05) is 37.3 Å². The van der Waals surface area contributed by atoms with E-state index in [2.05, 4.69) is 0 Å². The van der Waals surface area contributed by atoms with E-state index in [0.717, 1.165) is 12.0 Å². The summed E-state index contributed by atoms with van der Waals surface area (Å²) in [5.41, 5.74) is 12.0. The van der Waals surface area contributed by atoms with E-state index < -0.39 is 5.66 Å². The molecule has 0 spiro atoms. The Morgan fingerprint density at radius 2 is 1.67 bits per heavy atom. The Morgan fingerprint density at radius 1 is 1.17 bits per heavy atom. The van der Waals surface area contributed by atoms with Gasteiger partial charge in [0.05, 0.1) is 5.66 Å². The summed E-state index contributed by atoms with van der Waals surface area (Å²) in [7, 11) is 0. The van der Waals surface area contributed by atoms with Crippen LogP contribution in [0.25, 0.3) is 0 Å². The van der Waals surface area contributed by atoms with Gasteiger partial charge in [-0.25, -0.2) is 0 Å². The molecule has 0 aliphatic heterocycles. The molecule has 1 aromatic rings. The van der Waals surface area contributed by atoms with Crippen molar-refractivity contribution in [2.24, 2.45) is 11.5 Å². The molecular formula is C9H15ClN2. The molecule has 0 aliphatic rings. The third kappa shape index (κ3) is 2.48. The van der Waals surface area contributed by atoms with E-state index in [1.165, 1.54) is 0 Å². The van der Waals surface area contributed by atoms with E-state index in [-0.39, 0.29) is 12.4 Å². The summed E-state index contributed by atoms with van der Waals surface area (Å²) in [6, 6.07) is 9.74. The van der Waals surface area contributed by atoms with Crippen LogP contribution in [-0.2, 0) is 5.66 Å². The molecule has 0 amide bonds. The lowest BCUT2D eigenvalue weighted by Gasteiger charge is -2.22. The highest BCUT2D eigenvalue weighted by molar-refractivity contribution is 5.85. The number of rotatable bonds is 2. The molecule has 0 aromatic heterocycles. The molecule has 0 fully saturated rings. The second-order valence-electron chi connectivity index (χ2n) is 2.76. The molecule has 2 nitrogen and oxygen atoms in total. The highest BCUT2D eigenvalue weighted by atomic mass is 35.5. The SMILES string of the molecule is CCC(N)(N)c1ccccc1.Cl. The fraction of sp³-hybridized carbons (Fsp3) is 0.333. The van der Waals surface area contributed by atoms with Gasteiger partial charge in [-0.05, 0) is 12.0 Å². The normalized spacial score (nSPS) is 10.6. The van der Waals surface area contributed by atoms with E-state index >= 15 is 0 Å². The highest BCUT2D eigenvalue weighted by Crippen LogP contribution is 2.14. The summed E-state index contributed by atoms with van der Waals surface area (Å²) < 4.78 is 0. The van der Waals surface area contributed by atoms with Crippen LogP contribution in [0.5, 0.6) is 0 Å². The van der Waals surface area contributed by atoms with Crippen LogP contribution >= 0.6 is 12.4 Å². The minimum Gasteiger partial charge on any atom is -0.310 e. The first-order valence-electron chi connectivity index (χ1n) is 3.80. The standard InChI is InChI=1S/C9H14N2.ClH/c1-2-9(10,11)8-6-4-3-5-7-8;/h3-7H,2,10-11H2,1H3;1H. The number of nitrogens with two attached hydrogens (primary N) is 2. The lowest BCUT2D eigenvalue weighted by molar-refractivity contribution is 0.448. The third-order valence-electron chi connectivity index (χ3n) is 1.90. The minimum absolute atomic E-state index is 0. The van der Waals surface area contributed by atoms with Gasteiger partial charge in [0, 0.05) is 0 Å². The Kier molecular flexibility index (Phi) is 4.24. The number of hydrogen-bond donors (Lipinski definition) is 2. The van der Waals surface area contributed by atoms with Gasteiger partial charge >= 0.3 is 0 Å². The number of halogens is 1. The van der Waals surface area contributed by atoms with Gasteiger partial charge in [-0.15, -0.1) is 12.4 Å². The van der Waals surface area contributed by atoms with E-state index in [9.17, 15) is 0 Å². The summed E-state index contributed by atoms with van der Waals surface area (Å²) in [5, 5.41) is 0. The maximum atomic E-state index is 5.82. The Morgan fingerprint density at radius 3 is 2.08 bits per heavy atom. The predicted molar refractivity (Wildman–Crippen MR) is 54.0 cm³/mol. The zero-order valence-corrected chi connectivity index (χ0v) is 7.97. The van der Waals surface area contributed by atoms with Crippen LogP contribution in [0, 0.1) is 0 Å². The maximum Gasteiger partial charge on any atom is 0.0896 e. The molecule has 0 atom stereocenters. The van der Waals surface area contributed by atoms with Gasteiger partial charge < -0.3 is 11.5 Å². The van der Waals surface area contributed by atoms with Gasteiger partial charge in [-0.2, -0.15) is 0 Å².